The van der Waals surface area contributed by atoms with Crippen molar-refractivity contribution in [2.24, 2.45) is 0 Å². The molecule has 7 heteroatoms. The highest BCUT2D eigenvalue weighted by Gasteiger charge is 2.31. The molecule has 1 aromatic carbocycles. The first kappa shape index (κ1) is 11.8. The molecule has 1 aliphatic heterocycles. The van der Waals surface area contributed by atoms with E-state index in [9.17, 15) is 12.8 Å². The van der Waals surface area contributed by atoms with Crippen LogP contribution in [-0.4, -0.2) is 26.0 Å². The summed E-state index contributed by atoms with van der Waals surface area (Å²) in [6.45, 7) is 0.551. The molecule has 0 saturated carbocycles. The normalized spacial score (nSPS) is 17.9. The molecule has 4 nitrogen and oxygen atoms in total. The van der Waals surface area contributed by atoms with Crippen molar-refractivity contribution in [3.05, 3.63) is 29.0 Å². The molecule has 1 saturated heterocycles. The third-order valence-electron chi connectivity index (χ3n) is 2.18. The molecule has 0 amide bonds. The predicted octanol–water partition coefficient (Wildman–Crippen LogP) is 1.81. The summed E-state index contributed by atoms with van der Waals surface area (Å²) in [5.41, 5.74) is 0. The lowest BCUT2D eigenvalue weighted by molar-refractivity contribution is -0.0286. The first-order valence-electron chi connectivity index (χ1n) is 4.63. The molecule has 16 heavy (non-hydrogen) atoms. The highest BCUT2D eigenvalue weighted by molar-refractivity contribution is 7.89. The Kier molecular flexibility index (Phi) is 3.16. The van der Waals surface area contributed by atoms with Crippen LogP contribution in [0.5, 0.6) is 0 Å². The van der Waals surface area contributed by atoms with Crippen molar-refractivity contribution >= 4 is 21.6 Å². The zero-order valence-electron chi connectivity index (χ0n) is 8.19. The number of hydrogen-bond acceptors (Lipinski definition) is 3. The van der Waals surface area contributed by atoms with Crippen LogP contribution in [0.2, 0.25) is 5.02 Å². The topological polar surface area (TPSA) is 46.6 Å². The predicted molar refractivity (Wildman–Crippen MR) is 55.9 cm³/mol. The van der Waals surface area contributed by atoms with E-state index >= 15 is 0 Å². The van der Waals surface area contributed by atoms with Gasteiger partial charge in [-0.05, 0) is 18.6 Å². The minimum atomic E-state index is -3.94. The molecule has 0 N–H and O–H groups in total. The van der Waals surface area contributed by atoms with E-state index in [1.165, 1.54) is 12.1 Å². The largest absolute Gasteiger partial charge is 0.284 e. The van der Waals surface area contributed by atoms with E-state index in [2.05, 4.69) is 0 Å². The third kappa shape index (κ3) is 1.93. The van der Waals surface area contributed by atoms with E-state index < -0.39 is 20.7 Å². The summed E-state index contributed by atoms with van der Waals surface area (Å²) in [4.78, 5) is 4.45. The smallest absolute Gasteiger partial charge is 0.267 e. The Morgan fingerprint density at radius 1 is 1.44 bits per heavy atom. The van der Waals surface area contributed by atoms with Crippen molar-refractivity contribution < 1.29 is 17.6 Å². The molecule has 0 unspecified atom stereocenters. The summed E-state index contributed by atoms with van der Waals surface area (Å²) in [7, 11) is -3.94. The maximum absolute atomic E-state index is 13.6. The molecule has 0 spiro atoms. The first-order chi connectivity index (χ1) is 7.53. The Labute approximate surface area is 97.6 Å². The maximum atomic E-state index is 13.6. The number of rotatable bonds is 2. The van der Waals surface area contributed by atoms with Crippen LogP contribution >= 0.6 is 11.6 Å². The molecule has 0 radical (unpaired) electrons. The highest BCUT2D eigenvalue weighted by atomic mass is 35.5. The van der Waals surface area contributed by atoms with Gasteiger partial charge in [0.1, 0.15) is 4.90 Å². The van der Waals surface area contributed by atoms with Gasteiger partial charge in [0.15, 0.2) is 5.82 Å². The Hall–Kier alpha value is -0.690. The van der Waals surface area contributed by atoms with Crippen molar-refractivity contribution in [3.63, 3.8) is 0 Å². The van der Waals surface area contributed by atoms with E-state index in [1.54, 1.807) is 0 Å². The molecular weight excluding hydrogens is 257 g/mol. The zero-order chi connectivity index (χ0) is 11.8. The lowest BCUT2D eigenvalue weighted by Gasteiger charge is -2.14. The van der Waals surface area contributed by atoms with E-state index in [1.807, 2.05) is 0 Å². The van der Waals surface area contributed by atoms with E-state index in [-0.39, 0.29) is 11.6 Å². The summed E-state index contributed by atoms with van der Waals surface area (Å²) < 4.78 is 38.2. The molecule has 2 rings (SSSR count). The van der Waals surface area contributed by atoms with Crippen LogP contribution in [0.1, 0.15) is 6.42 Å². The van der Waals surface area contributed by atoms with E-state index in [4.69, 9.17) is 16.4 Å². The van der Waals surface area contributed by atoms with Gasteiger partial charge in [-0.15, -0.1) is 0 Å². The number of hydroxylamine groups is 1. The first-order valence-corrected chi connectivity index (χ1v) is 6.45. The average Bonchev–Trinajstić information content (AvgIpc) is 2.75. The molecular formula is C9H9ClFNO3S. The maximum Gasteiger partial charge on any atom is 0.267 e. The molecule has 1 aliphatic rings. The van der Waals surface area contributed by atoms with Gasteiger partial charge in [-0.25, -0.2) is 12.8 Å². The van der Waals surface area contributed by atoms with Gasteiger partial charge in [-0.3, -0.25) is 4.84 Å². The van der Waals surface area contributed by atoms with Crippen LogP contribution in [0.4, 0.5) is 4.39 Å². The molecule has 1 aromatic rings. The fourth-order valence-electron chi connectivity index (χ4n) is 1.41. The number of hydrogen-bond donors (Lipinski definition) is 0. The third-order valence-corrected chi connectivity index (χ3v) is 4.17. The summed E-state index contributed by atoms with van der Waals surface area (Å²) >= 11 is 5.53. The summed E-state index contributed by atoms with van der Waals surface area (Å²) in [5, 5.41) is -0.222. The Morgan fingerprint density at radius 2 is 2.19 bits per heavy atom. The number of halogens is 2. The van der Waals surface area contributed by atoms with Gasteiger partial charge in [0.05, 0.1) is 11.6 Å². The quantitative estimate of drug-likeness (QED) is 0.819. The number of nitrogens with zero attached hydrogens (tertiary/aromatic N) is 1. The lowest BCUT2D eigenvalue weighted by Crippen LogP contribution is -2.27. The zero-order valence-corrected chi connectivity index (χ0v) is 9.76. The minimum Gasteiger partial charge on any atom is -0.284 e. The fourth-order valence-corrected chi connectivity index (χ4v) is 3.03. The van der Waals surface area contributed by atoms with Gasteiger partial charge >= 0.3 is 0 Å². The van der Waals surface area contributed by atoms with Crippen molar-refractivity contribution in [3.8, 4) is 0 Å². The van der Waals surface area contributed by atoms with Crippen molar-refractivity contribution in [2.45, 2.75) is 11.3 Å². The SMILES string of the molecule is O=S(=O)(c1cccc(Cl)c1F)N1CCCO1. The van der Waals surface area contributed by atoms with Gasteiger partial charge in [0, 0.05) is 6.54 Å². The second-order valence-electron chi connectivity index (χ2n) is 3.27. The second-order valence-corrected chi connectivity index (χ2v) is 5.47. The van der Waals surface area contributed by atoms with Gasteiger partial charge in [-0.2, -0.15) is 0 Å². The Morgan fingerprint density at radius 3 is 2.81 bits per heavy atom. The van der Waals surface area contributed by atoms with Crippen LogP contribution in [0.15, 0.2) is 23.1 Å². The van der Waals surface area contributed by atoms with Crippen LogP contribution in [0.3, 0.4) is 0 Å². The van der Waals surface area contributed by atoms with Crippen LogP contribution in [-0.2, 0) is 14.9 Å². The van der Waals surface area contributed by atoms with E-state index in [0.29, 0.717) is 13.0 Å². The monoisotopic (exact) mass is 265 g/mol. The summed E-state index contributed by atoms with van der Waals surface area (Å²) in [5.74, 6) is -0.945. The fraction of sp³-hybridized carbons (Fsp3) is 0.333. The summed E-state index contributed by atoms with van der Waals surface area (Å²) in [6, 6.07) is 3.84. The van der Waals surface area contributed by atoms with Gasteiger partial charge in [0.25, 0.3) is 10.0 Å². The summed E-state index contributed by atoms with van der Waals surface area (Å²) in [6.07, 6.45) is 0.599. The standard InChI is InChI=1S/C9H9ClFNO3S/c10-7-3-1-4-8(9(7)11)16(13,14)12-5-2-6-15-12/h1,3-4H,2,5-6H2. The van der Waals surface area contributed by atoms with Gasteiger partial charge in [-0.1, -0.05) is 22.1 Å². The van der Waals surface area contributed by atoms with E-state index in [0.717, 1.165) is 10.5 Å². The van der Waals surface area contributed by atoms with Crippen molar-refractivity contribution in [1.82, 2.24) is 4.47 Å². The molecule has 1 fully saturated rings. The molecule has 0 bridgehead atoms. The highest BCUT2D eigenvalue weighted by Crippen LogP contribution is 2.26. The van der Waals surface area contributed by atoms with Gasteiger partial charge in [0.2, 0.25) is 0 Å². The van der Waals surface area contributed by atoms with Gasteiger partial charge < -0.3 is 0 Å². The second kappa shape index (κ2) is 4.29. The Bertz CT molecular complexity index is 499. The van der Waals surface area contributed by atoms with Crippen LogP contribution in [0, 0.1) is 5.82 Å². The Balaban J connectivity index is 2.47. The van der Waals surface area contributed by atoms with Crippen molar-refractivity contribution in [2.75, 3.05) is 13.2 Å². The van der Waals surface area contributed by atoms with Crippen molar-refractivity contribution in [1.29, 1.82) is 0 Å². The number of benzene rings is 1. The molecule has 88 valence electrons. The molecule has 0 aliphatic carbocycles. The van der Waals surface area contributed by atoms with Crippen LogP contribution < -0.4 is 0 Å². The average molecular weight is 266 g/mol. The molecule has 1 heterocycles. The lowest BCUT2D eigenvalue weighted by atomic mass is 10.3. The number of sulfonamides is 1. The minimum absolute atomic E-state index is 0.222. The van der Waals surface area contributed by atoms with Crippen LogP contribution in [0.25, 0.3) is 0 Å². The molecule has 0 atom stereocenters. The molecule has 0 aromatic heterocycles.